The van der Waals surface area contributed by atoms with Gasteiger partial charge in [0.05, 0.1) is 98.9 Å². The molecule has 4 fully saturated rings. The van der Waals surface area contributed by atoms with Gasteiger partial charge < -0.3 is 80.2 Å². The Bertz CT molecular complexity index is 1830. The Morgan fingerprint density at radius 3 is 0.857 bits per heavy atom. The van der Waals surface area contributed by atoms with Crippen molar-refractivity contribution in [2.75, 3.05) is 26.4 Å². The monoisotopic (exact) mass is 778 g/mol. The van der Waals surface area contributed by atoms with Crippen molar-refractivity contribution in [3.8, 4) is 95.7 Å². The Morgan fingerprint density at radius 1 is 0.321 bits per heavy atom. The third kappa shape index (κ3) is 10.0. The van der Waals surface area contributed by atoms with Gasteiger partial charge >= 0.3 is 0 Å². The fourth-order valence-electron chi connectivity index (χ4n) is 6.40. The standard InChI is InChI=1S/C40H42O16/c1-3-21-29(17-41)54-26(38(50)33(21)45)14-8-6-12-23-31(19-43)56-28(40(52)35(23)47)16-10-7-13-24-32(20-44)55-27(39(51)36(24)48)15-9-5-11-22-30(18-42)53-25(4-2)37(49)34(22)46/h1-2,21-52H,17-20H2/t21-,22-,23-,24-,25+,26+,27+,28+,29-,30-,31-,32-,33+,34+,35+,36+,37+,38+,39+,40+/m1/s1. The molecule has 0 aromatic heterocycles. The van der Waals surface area contributed by atoms with Gasteiger partial charge in [0.25, 0.3) is 0 Å². The summed E-state index contributed by atoms with van der Waals surface area (Å²) >= 11 is 0. The SMILES string of the molecule is C#C[C@H]1[C@H](O)[C@@H](O)[C@H](C#CC#C[C@H]2[C@H](O)[C@@H](O)[C@H](C#CC#C[C@H]3[C@H](O)[C@@H](O)[C@H](C#CC#C[C@H]4[C@H](O)[C@@H](O)[C@H](C#C)O[C@@H]4CO)O[C@@H]3CO)O[C@@H]2CO)O[C@@H]1CO. The number of ether oxygens (including phenoxy) is 4. The Hall–Kier alpha value is -4.16. The number of aliphatic hydroxyl groups is 12. The molecule has 0 aromatic rings. The van der Waals surface area contributed by atoms with Crippen molar-refractivity contribution in [3.63, 3.8) is 0 Å². The third-order valence-corrected chi connectivity index (χ3v) is 9.62. The molecule has 0 spiro atoms. The molecule has 12 N–H and O–H groups in total. The second kappa shape index (κ2) is 20.8. The van der Waals surface area contributed by atoms with Gasteiger partial charge in [-0.25, -0.2) is 0 Å². The van der Waals surface area contributed by atoms with Gasteiger partial charge in [-0.3, -0.25) is 0 Å². The molecule has 4 aliphatic rings. The van der Waals surface area contributed by atoms with Crippen LogP contribution in [0.4, 0.5) is 0 Å². The van der Waals surface area contributed by atoms with Crippen LogP contribution in [-0.2, 0) is 18.9 Å². The minimum Gasteiger partial charge on any atom is -0.394 e. The molecule has 16 heteroatoms. The average Bonchev–Trinajstić information content (AvgIpc) is 3.20. The maximum Gasteiger partial charge on any atom is 0.148 e. The van der Waals surface area contributed by atoms with Crippen LogP contribution in [0.2, 0.25) is 0 Å². The maximum absolute atomic E-state index is 10.8. The van der Waals surface area contributed by atoms with Crippen LogP contribution in [0.3, 0.4) is 0 Å². The largest absolute Gasteiger partial charge is 0.394 e. The number of hydrogen-bond acceptors (Lipinski definition) is 16. The number of hydrogen-bond donors (Lipinski definition) is 12. The van der Waals surface area contributed by atoms with Crippen LogP contribution in [0.25, 0.3) is 0 Å². The highest BCUT2D eigenvalue weighted by molar-refractivity contribution is 5.34. The van der Waals surface area contributed by atoms with Gasteiger partial charge in [0.1, 0.15) is 48.8 Å². The van der Waals surface area contributed by atoms with Crippen molar-refractivity contribution in [2.45, 2.75) is 97.7 Å². The van der Waals surface area contributed by atoms with Crippen LogP contribution in [0.5, 0.6) is 0 Å². The van der Waals surface area contributed by atoms with E-state index in [0.717, 1.165) is 0 Å². The lowest BCUT2D eigenvalue weighted by atomic mass is 9.86. The molecule has 0 aromatic carbocycles. The van der Waals surface area contributed by atoms with E-state index in [0.29, 0.717) is 0 Å². The Labute approximate surface area is 323 Å². The van der Waals surface area contributed by atoms with Crippen LogP contribution in [0.15, 0.2) is 0 Å². The van der Waals surface area contributed by atoms with E-state index in [1.807, 2.05) is 0 Å². The van der Waals surface area contributed by atoms with Crippen LogP contribution in [0.1, 0.15) is 0 Å². The highest BCUT2D eigenvalue weighted by Gasteiger charge is 2.46. The summed E-state index contributed by atoms with van der Waals surface area (Å²) in [6, 6.07) is 0. The molecule has 0 bridgehead atoms. The zero-order valence-electron chi connectivity index (χ0n) is 29.5. The molecule has 4 saturated heterocycles. The summed E-state index contributed by atoms with van der Waals surface area (Å²) in [4.78, 5) is 0. The van der Waals surface area contributed by atoms with Gasteiger partial charge in [0.2, 0.25) is 0 Å². The fraction of sp³-hybridized carbons (Fsp3) is 0.600. The van der Waals surface area contributed by atoms with Crippen molar-refractivity contribution >= 4 is 0 Å². The molecule has 20 atom stereocenters. The summed E-state index contributed by atoms with van der Waals surface area (Å²) in [7, 11) is 0. The predicted molar refractivity (Wildman–Crippen MR) is 189 cm³/mol. The van der Waals surface area contributed by atoms with E-state index < -0.39 is 148 Å². The molecular formula is C40H42O16. The first-order valence-electron chi connectivity index (χ1n) is 17.3. The molecule has 4 aliphatic heterocycles. The molecular weight excluding hydrogens is 736 g/mol. The molecule has 298 valence electrons. The molecule has 0 saturated carbocycles. The van der Waals surface area contributed by atoms with E-state index in [4.69, 9.17) is 31.8 Å². The van der Waals surface area contributed by atoms with Crippen LogP contribution in [0, 0.1) is 119 Å². The van der Waals surface area contributed by atoms with E-state index in [1.54, 1.807) is 0 Å². The first-order chi connectivity index (χ1) is 26.9. The normalized spacial score (nSPS) is 42.8. The molecule has 4 rings (SSSR count). The molecule has 0 radical (unpaired) electrons. The van der Waals surface area contributed by atoms with Crippen molar-refractivity contribution < 1.29 is 80.2 Å². The van der Waals surface area contributed by atoms with Crippen molar-refractivity contribution in [1.82, 2.24) is 0 Å². The average molecular weight is 779 g/mol. The van der Waals surface area contributed by atoms with Gasteiger partial charge in [-0.05, 0) is 35.5 Å². The zero-order chi connectivity index (χ0) is 41.1. The summed E-state index contributed by atoms with van der Waals surface area (Å²) in [6.07, 6.45) is -10.9. The maximum atomic E-state index is 10.8. The predicted octanol–water partition coefficient (Wildman–Crippen LogP) is -7.34. The van der Waals surface area contributed by atoms with E-state index >= 15 is 0 Å². The lowest BCUT2D eigenvalue weighted by molar-refractivity contribution is -0.177. The Kier molecular flexibility index (Phi) is 16.6. The molecule has 16 nitrogen and oxygen atoms in total. The highest BCUT2D eigenvalue weighted by atomic mass is 16.5. The number of terminal acetylenes is 2. The van der Waals surface area contributed by atoms with Gasteiger partial charge in [-0.2, -0.15) is 0 Å². The van der Waals surface area contributed by atoms with Crippen molar-refractivity contribution in [3.05, 3.63) is 0 Å². The van der Waals surface area contributed by atoms with Gasteiger partial charge in [0, 0.05) is 0 Å². The molecule has 0 unspecified atom stereocenters. The molecule has 0 amide bonds. The summed E-state index contributed by atoms with van der Waals surface area (Å²) < 4.78 is 22.1. The summed E-state index contributed by atoms with van der Waals surface area (Å²) in [5.41, 5.74) is 0. The van der Waals surface area contributed by atoms with Crippen LogP contribution in [-0.4, -0.2) is 185 Å². The van der Waals surface area contributed by atoms with E-state index in [-0.39, 0.29) is 0 Å². The van der Waals surface area contributed by atoms with Crippen molar-refractivity contribution in [2.24, 2.45) is 23.7 Å². The smallest absolute Gasteiger partial charge is 0.148 e. The lowest BCUT2D eigenvalue weighted by Gasteiger charge is -2.38. The quantitative estimate of drug-likeness (QED) is 0.118. The van der Waals surface area contributed by atoms with Crippen LogP contribution >= 0.6 is 0 Å². The fourth-order valence-corrected chi connectivity index (χ4v) is 6.40. The van der Waals surface area contributed by atoms with Gasteiger partial charge in [-0.1, -0.05) is 47.4 Å². The minimum absolute atomic E-state index is 0.528. The third-order valence-electron chi connectivity index (χ3n) is 9.62. The lowest BCUT2D eigenvalue weighted by Crippen LogP contribution is -2.54. The first-order valence-corrected chi connectivity index (χ1v) is 17.3. The molecule has 0 aliphatic carbocycles. The van der Waals surface area contributed by atoms with Gasteiger partial charge in [-0.15, -0.1) is 12.8 Å². The van der Waals surface area contributed by atoms with E-state index in [2.05, 4.69) is 82.9 Å². The Balaban J connectivity index is 1.39. The summed E-state index contributed by atoms with van der Waals surface area (Å²) in [6.45, 7) is -2.37. The highest BCUT2D eigenvalue weighted by Crippen LogP contribution is 2.29. The summed E-state index contributed by atoms with van der Waals surface area (Å²) in [5.74, 6) is 30.0. The zero-order valence-corrected chi connectivity index (χ0v) is 29.5. The minimum atomic E-state index is -1.63. The van der Waals surface area contributed by atoms with Crippen molar-refractivity contribution in [1.29, 1.82) is 0 Å². The second-order valence-electron chi connectivity index (χ2n) is 13.1. The number of rotatable bonds is 4. The molecule has 4 heterocycles. The van der Waals surface area contributed by atoms with Crippen LogP contribution < -0.4 is 0 Å². The summed E-state index contributed by atoms with van der Waals surface area (Å²) in [5, 5.41) is 123. The molecule has 56 heavy (non-hydrogen) atoms. The van der Waals surface area contributed by atoms with E-state index in [9.17, 15) is 61.3 Å². The Morgan fingerprint density at radius 2 is 0.571 bits per heavy atom. The topological polar surface area (TPSA) is 280 Å². The van der Waals surface area contributed by atoms with Gasteiger partial charge in [0.15, 0.2) is 0 Å². The number of aliphatic hydroxyl groups excluding tert-OH is 12. The first kappa shape index (κ1) is 44.6. The van der Waals surface area contributed by atoms with E-state index in [1.165, 1.54) is 0 Å². The second-order valence-corrected chi connectivity index (χ2v) is 13.1.